The van der Waals surface area contributed by atoms with Crippen molar-refractivity contribution in [2.75, 3.05) is 29.7 Å². The molecule has 0 aliphatic heterocycles. The lowest BCUT2D eigenvalue weighted by Crippen LogP contribution is -2.27. The van der Waals surface area contributed by atoms with Crippen LogP contribution in [-0.2, 0) is 18.3 Å². The second kappa shape index (κ2) is 10.8. The number of aromatic nitrogens is 2. The Morgan fingerprint density at radius 3 is 2.46 bits per heavy atom. The minimum atomic E-state index is 0.286. The molecule has 0 saturated carbocycles. The molecule has 0 N–H and O–H groups in total. The average molecular weight is 398 g/mol. The van der Waals surface area contributed by atoms with E-state index >= 15 is 0 Å². The highest BCUT2D eigenvalue weighted by Gasteiger charge is 2.11. The van der Waals surface area contributed by atoms with Crippen LogP contribution < -0.4 is 4.90 Å². The van der Waals surface area contributed by atoms with E-state index in [4.69, 9.17) is 28.2 Å². The Hall–Kier alpha value is -1.26. The number of carbonyl (C=O) groups excluding carboxylic acids is 1. The Bertz CT molecular complexity index is 708. The number of fused-ring (bicyclic) bond motifs is 1. The van der Waals surface area contributed by atoms with Gasteiger partial charge in [-0.25, -0.2) is 4.98 Å². The number of imidazole rings is 1. The van der Waals surface area contributed by atoms with Gasteiger partial charge >= 0.3 is 0 Å². The van der Waals surface area contributed by atoms with Gasteiger partial charge in [-0.05, 0) is 38.0 Å². The summed E-state index contributed by atoms with van der Waals surface area (Å²) in [6.07, 6.45) is 6.02. The third kappa shape index (κ3) is 5.88. The highest BCUT2D eigenvalue weighted by atomic mass is 35.5. The molecular weight excluding hydrogens is 369 g/mol. The molecule has 0 aliphatic rings. The smallest absolute Gasteiger partial charge is 0.129 e. The Morgan fingerprint density at radius 2 is 1.81 bits per heavy atom. The molecule has 0 spiro atoms. The van der Waals surface area contributed by atoms with E-state index in [9.17, 15) is 4.79 Å². The Kier molecular flexibility index (Phi) is 8.73. The summed E-state index contributed by atoms with van der Waals surface area (Å²) in [4.78, 5) is 18.0. The first-order valence-corrected chi connectivity index (χ1v) is 10.5. The number of unbranched alkanes of at least 4 members (excludes halogenated alkanes) is 3. The molecule has 6 heteroatoms. The second-order valence-corrected chi connectivity index (χ2v) is 7.50. The first-order valence-electron chi connectivity index (χ1n) is 9.38. The van der Waals surface area contributed by atoms with Crippen molar-refractivity contribution < 1.29 is 4.79 Å². The molecule has 0 radical (unpaired) electrons. The number of alkyl halides is 2. The van der Waals surface area contributed by atoms with E-state index in [1.54, 1.807) is 6.92 Å². The first-order chi connectivity index (χ1) is 12.6. The van der Waals surface area contributed by atoms with Crippen LogP contribution in [0.1, 0.15) is 44.9 Å². The van der Waals surface area contributed by atoms with Gasteiger partial charge in [0, 0.05) is 50.4 Å². The van der Waals surface area contributed by atoms with Crippen molar-refractivity contribution in [1.82, 2.24) is 9.55 Å². The molecule has 4 nitrogen and oxygen atoms in total. The zero-order chi connectivity index (χ0) is 18.9. The van der Waals surface area contributed by atoms with Crippen LogP contribution in [0.2, 0.25) is 0 Å². The summed E-state index contributed by atoms with van der Waals surface area (Å²) in [7, 11) is 2.08. The van der Waals surface area contributed by atoms with E-state index < -0.39 is 0 Å². The summed E-state index contributed by atoms with van der Waals surface area (Å²) >= 11 is 11.8. The van der Waals surface area contributed by atoms with Gasteiger partial charge in [0.25, 0.3) is 0 Å². The SMILES string of the molecule is CC(=O)CCCCCCc1nc2cc(N(CCCl)CCCl)ccc2n1C. The fraction of sp³-hybridized carbons (Fsp3) is 0.600. The number of Topliss-reactive ketones (excluding diaryl/α,β-unsaturated/α-hetero) is 1. The summed E-state index contributed by atoms with van der Waals surface area (Å²) in [6, 6.07) is 6.38. The number of anilines is 1. The fourth-order valence-corrected chi connectivity index (χ4v) is 3.65. The van der Waals surface area contributed by atoms with E-state index in [0.29, 0.717) is 18.2 Å². The number of halogens is 2. The number of nitrogens with zero attached hydrogens (tertiary/aromatic N) is 3. The summed E-state index contributed by atoms with van der Waals surface area (Å²) in [5, 5.41) is 0. The van der Waals surface area contributed by atoms with Crippen molar-refractivity contribution >= 4 is 45.7 Å². The Labute approximate surface area is 166 Å². The lowest BCUT2D eigenvalue weighted by Gasteiger charge is -2.22. The number of carbonyl (C=O) groups is 1. The molecule has 0 unspecified atom stereocenters. The Balaban J connectivity index is 2.01. The predicted octanol–water partition coefficient (Wildman–Crippen LogP) is 4.94. The van der Waals surface area contributed by atoms with Crippen molar-refractivity contribution in [3.8, 4) is 0 Å². The van der Waals surface area contributed by atoms with Gasteiger partial charge in [0.05, 0.1) is 11.0 Å². The van der Waals surface area contributed by atoms with E-state index in [-0.39, 0.29) is 5.78 Å². The summed E-state index contributed by atoms with van der Waals surface area (Å²) in [6.45, 7) is 3.22. The average Bonchev–Trinajstić information content (AvgIpc) is 2.93. The lowest BCUT2D eigenvalue weighted by atomic mass is 10.1. The van der Waals surface area contributed by atoms with Crippen molar-refractivity contribution in [2.24, 2.45) is 7.05 Å². The van der Waals surface area contributed by atoms with E-state index in [1.807, 2.05) is 0 Å². The molecule has 0 aliphatic carbocycles. The van der Waals surface area contributed by atoms with Crippen LogP contribution in [0.4, 0.5) is 5.69 Å². The van der Waals surface area contributed by atoms with Gasteiger partial charge in [-0.3, -0.25) is 0 Å². The Morgan fingerprint density at radius 1 is 1.12 bits per heavy atom. The van der Waals surface area contributed by atoms with Crippen molar-refractivity contribution in [1.29, 1.82) is 0 Å². The number of rotatable bonds is 12. The van der Waals surface area contributed by atoms with Crippen molar-refractivity contribution in [3.05, 3.63) is 24.0 Å². The number of hydrogen-bond acceptors (Lipinski definition) is 3. The molecule has 0 fully saturated rings. The summed E-state index contributed by atoms with van der Waals surface area (Å²) < 4.78 is 2.18. The van der Waals surface area contributed by atoms with Crippen LogP contribution in [-0.4, -0.2) is 40.2 Å². The molecular formula is C20H29Cl2N3O. The van der Waals surface area contributed by atoms with Crippen LogP contribution in [0.5, 0.6) is 0 Å². The van der Waals surface area contributed by atoms with E-state index in [2.05, 4.69) is 34.7 Å². The molecule has 26 heavy (non-hydrogen) atoms. The minimum Gasteiger partial charge on any atom is -0.369 e. The van der Waals surface area contributed by atoms with Gasteiger partial charge < -0.3 is 14.3 Å². The van der Waals surface area contributed by atoms with E-state index in [0.717, 1.165) is 67.7 Å². The zero-order valence-corrected chi connectivity index (χ0v) is 17.3. The molecule has 1 aromatic carbocycles. The van der Waals surface area contributed by atoms with E-state index in [1.165, 1.54) is 0 Å². The molecule has 1 aromatic heterocycles. The van der Waals surface area contributed by atoms with Gasteiger partial charge in [-0.2, -0.15) is 0 Å². The van der Waals surface area contributed by atoms with Gasteiger partial charge in [0.15, 0.2) is 0 Å². The van der Waals surface area contributed by atoms with Gasteiger partial charge in [-0.15, -0.1) is 23.2 Å². The van der Waals surface area contributed by atoms with Gasteiger partial charge in [-0.1, -0.05) is 12.8 Å². The molecule has 1 heterocycles. The quantitative estimate of drug-likeness (QED) is 0.376. The molecule has 144 valence electrons. The van der Waals surface area contributed by atoms with Crippen molar-refractivity contribution in [3.63, 3.8) is 0 Å². The second-order valence-electron chi connectivity index (χ2n) is 6.74. The monoisotopic (exact) mass is 397 g/mol. The predicted molar refractivity (Wildman–Crippen MR) is 112 cm³/mol. The summed E-state index contributed by atoms with van der Waals surface area (Å²) in [5.74, 6) is 2.55. The van der Waals surface area contributed by atoms with Crippen LogP contribution in [0, 0.1) is 0 Å². The maximum atomic E-state index is 11.0. The highest BCUT2D eigenvalue weighted by Crippen LogP contribution is 2.23. The molecule has 0 saturated heterocycles. The fourth-order valence-electron chi connectivity index (χ4n) is 3.24. The molecule has 2 aromatic rings. The number of aryl methyl sites for hydroxylation is 2. The van der Waals surface area contributed by atoms with Crippen LogP contribution in [0.15, 0.2) is 18.2 Å². The maximum absolute atomic E-state index is 11.0. The third-order valence-electron chi connectivity index (χ3n) is 4.71. The third-order valence-corrected chi connectivity index (χ3v) is 5.05. The standard InChI is InChI=1S/C20H29Cl2N3O/c1-16(26)7-5-3-4-6-8-20-23-18-15-17(9-10-19(18)24(20)2)25(13-11-21)14-12-22/h9-10,15H,3-8,11-14H2,1-2H3. The highest BCUT2D eigenvalue weighted by molar-refractivity contribution is 6.18. The number of hydrogen-bond donors (Lipinski definition) is 0. The number of ketones is 1. The lowest BCUT2D eigenvalue weighted by molar-refractivity contribution is -0.117. The topological polar surface area (TPSA) is 38.1 Å². The maximum Gasteiger partial charge on any atom is 0.129 e. The van der Waals surface area contributed by atoms with Crippen LogP contribution >= 0.6 is 23.2 Å². The minimum absolute atomic E-state index is 0.286. The zero-order valence-electron chi connectivity index (χ0n) is 15.8. The van der Waals surface area contributed by atoms with Gasteiger partial charge in [0.1, 0.15) is 11.6 Å². The van der Waals surface area contributed by atoms with Gasteiger partial charge in [0.2, 0.25) is 0 Å². The van der Waals surface area contributed by atoms with Crippen LogP contribution in [0.3, 0.4) is 0 Å². The molecule has 0 atom stereocenters. The van der Waals surface area contributed by atoms with Crippen LogP contribution in [0.25, 0.3) is 11.0 Å². The largest absolute Gasteiger partial charge is 0.369 e. The van der Waals surface area contributed by atoms with Crippen molar-refractivity contribution in [2.45, 2.75) is 45.4 Å². The first kappa shape index (κ1) is 21.0. The normalized spacial score (nSPS) is 11.2. The molecule has 0 amide bonds. The molecule has 2 rings (SSSR count). The summed E-state index contributed by atoms with van der Waals surface area (Å²) in [5.41, 5.74) is 3.29. The number of benzene rings is 1. The molecule has 0 bridgehead atoms.